The lowest BCUT2D eigenvalue weighted by molar-refractivity contribution is -0.139. The molecule has 0 N–H and O–H groups in total. The van der Waals surface area contributed by atoms with Crippen LogP contribution in [-0.2, 0) is 14.3 Å². The molecular weight excluding hydrogens is 156 g/mol. The lowest BCUT2D eigenvalue weighted by Gasteiger charge is -2.19. The van der Waals surface area contributed by atoms with Crippen LogP contribution < -0.4 is 0 Å². The summed E-state index contributed by atoms with van der Waals surface area (Å²) >= 11 is 0. The van der Waals surface area contributed by atoms with E-state index in [9.17, 15) is 9.59 Å². The van der Waals surface area contributed by atoms with Gasteiger partial charge in [-0.2, -0.15) is 0 Å². The van der Waals surface area contributed by atoms with Gasteiger partial charge < -0.3 is 4.74 Å². The number of rotatable bonds is 3. The molecule has 0 aromatic rings. The number of ether oxygens (including phenoxy) is 1. The molecule has 1 atom stereocenters. The summed E-state index contributed by atoms with van der Waals surface area (Å²) in [6.45, 7) is 2.72. The van der Waals surface area contributed by atoms with Crippen LogP contribution in [-0.4, -0.2) is 24.8 Å². The second-order valence-electron chi connectivity index (χ2n) is 3.06. The van der Waals surface area contributed by atoms with Crippen molar-refractivity contribution in [3.05, 3.63) is 0 Å². The quantitative estimate of drug-likeness (QED) is 0.592. The second-order valence-corrected chi connectivity index (χ2v) is 3.06. The molecule has 1 rings (SSSR count). The Morgan fingerprint density at radius 2 is 2.42 bits per heavy atom. The fraction of sp³-hybridized carbons (Fsp3) is 0.778. The van der Waals surface area contributed by atoms with Gasteiger partial charge in [0.1, 0.15) is 11.6 Å². The summed E-state index contributed by atoms with van der Waals surface area (Å²) < 4.78 is 5.08. The molecule has 0 saturated carbocycles. The molecule has 12 heavy (non-hydrogen) atoms. The molecule has 1 aliphatic rings. The Hall–Kier alpha value is -0.700. The van der Waals surface area contributed by atoms with Crippen LogP contribution in [0.3, 0.4) is 0 Å². The molecule has 0 aliphatic carbocycles. The van der Waals surface area contributed by atoms with Crippen LogP contribution in [0.15, 0.2) is 0 Å². The minimum atomic E-state index is -0.460. The Kier molecular flexibility index (Phi) is 3.41. The highest BCUT2D eigenvalue weighted by molar-refractivity contribution is 6.02. The monoisotopic (exact) mass is 170 g/mol. The number of hydrogen-bond acceptors (Lipinski definition) is 3. The maximum absolute atomic E-state index is 11.3. The molecule has 0 aromatic carbocycles. The number of carbonyl (C=O) groups is 2. The van der Waals surface area contributed by atoms with E-state index in [-0.39, 0.29) is 11.6 Å². The van der Waals surface area contributed by atoms with Gasteiger partial charge >= 0.3 is 0 Å². The molecule has 1 heterocycles. The summed E-state index contributed by atoms with van der Waals surface area (Å²) in [5.74, 6) is -0.361. The number of hydrogen-bond donors (Lipinski definition) is 0. The normalized spacial score (nSPS) is 24.1. The molecule has 3 heteroatoms. The Bertz CT molecular complexity index is 186. The van der Waals surface area contributed by atoms with E-state index < -0.39 is 5.92 Å². The van der Waals surface area contributed by atoms with E-state index in [0.29, 0.717) is 26.1 Å². The number of carbonyl (C=O) groups excluding carboxylic acids is 2. The molecule has 0 spiro atoms. The fourth-order valence-electron chi connectivity index (χ4n) is 1.33. The molecule has 1 fully saturated rings. The van der Waals surface area contributed by atoms with Crippen LogP contribution in [0.5, 0.6) is 0 Å². The van der Waals surface area contributed by atoms with E-state index >= 15 is 0 Å². The van der Waals surface area contributed by atoms with E-state index in [1.807, 2.05) is 6.92 Å². The summed E-state index contributed by atoms with van der Waals surface area (Å²) in [6, 6.07) is 0. The highest BCUT2D eigenvalue weighted by Gasteiger charge is 2.28. The predicted molar refractivity (Wildman–Crippen MR) is 43.8 cm³/mol. The van der Waals surface area contributed by atoms with Gasteiger partial charge in [-0.05, 0) is 6.42 Å². The van der Waals surface area contributed by atoms with Crippen molar-refractivity contribution in [3.8, 4) is 0 Å². The topological polar surface area (TPSA) is 43.4 Å². The predicted octanol–water partition coefficient (Wildman–Crippen LogP) is 0.961. The highest BCUT2D eigenvalue weighted by Crippen LogP contribution is 2.13. The zero-order valence-electron chi connectivity index (χ0n) is 7.34. The van der Waals surface area contributed by atoms with Gasteiger partial charge in [0.25, 0.3) is 0 Å². The third-order valence-electron chi connectivity index (χ3n) is 2.05. The third kappa shape index (κ3) is 2.14. The molecular formula is C9H14O3. The van der Waals surface area contributed by atoms with Crippen LogP contribution in [0, 0.1) is 5.92 Å². The summed E-state index contributed by atoms with van der Waals surface area (Å²) in [7, 11) is 0. The van der Waals surface area contributed by atoms with Gasteiger partial charge in [0.15, 0.2) is 0 Å². The van der Waals surface area contributed by atoms with E-state index in [2.05, 4.69) is 0 Å². The van der Waals surface area contributed by atoms with Crippen LogP contribution in [0.4, 0.5) is 0 Å². The number of ketones is 2. The lowest BCUT2D eigenvalue weighted by atomic mass is 9.93. The van der Waals surface area contributed by atoms with Crippen molar-refractivity contribution in [2.24, 2.45) is 5.92 Å². The van der Waals surface area contributed by atoms with Crippen molar-refractivity contribution in [1.82, 2.24) is 0 Å². The zero-order valence-corrected chi connectivity index (χ0v) is 7.34. The maximum Gasteiger partial charge on any atom is 0.147 e. The fourth-order valence-corrected chi connectivity index (χ4v) is 1.33. The standard InChI is InChI=1S/C9H14O3/c1-2-3-8(10)7-6-12-5-4-9(7)11/h7H,2-6H2,1H3. The Morgan fingerprint density at radius 1 is 1.67 bits per heavy atom. The molecule has 1 unspecified atom stereocenters. The van der Waals surface area contributed by atoms with E-state index in [4.69, 9.17) is 4.74 Å². The lowest BCUT2D eigenvalue weighted by Crippen LogP contribution is -2.33. The van der Waals surface area contributed by atoms with E-state index in [1.54, 1.807) is 0 Å². The molecule has 68 valence electrons. The van der Waals surface area contributed by atoms with Crippen molar-refractivity contribution in [1.29, 1.82) is 0 Å². The Morgan fingerprint density at radius 3 is 3.00 bits per heavy atom. The SMILES string of the molecule is CCCC(=O)C1COCCC1=O. The minimum absolute atomic E-state index is 0.0437. The minimum Gasteiger partial charge on any atom is -0.380 e. The first-order valence-corrected chi connectivity index (χ1v) is 4.39. The van der Waals surface area contributed by atoms with E-state index in [1.165, 1.54) is 0 Å². The van der Waals surface area contributed by atoms with Crippen molar-refractivity contribution >= 4 is 11.6 Å². The molecule has 1 aliphatic heterocycles. The summed E-state index contributed by atoms with van der Waals surface area (Å²) in [6.07, 6.45) is 1.71. The van der Waals surface area contributed by atoms with Gasteiger partial charge in [-0.15, -0.1) is 0 Å². The van der Waals surface area contributed by atoms with Gasteiger partial charge in [-0.25, -0.2) is 0 Å². The van der Waals surface area contributed by atoms with Crippen LogP contribution in [0.25, 0.3) is 0 Å². The molecule has 3 nitrogen and oxygen atoms in total. The number of Topliss-reactive ketones (excluding diaryl/α,β-unsaturated/α-hetero) is 2. The molecule has 0 aromatic heterocycles. The van der Waals surface area contributed by atoms with Gasteiger partial charge in [0.05, 0.1) is 19.1 Å². The summed E-state index contributed by atoms with van der Waals surface area (Å²) in [5, 5.41) is 0. The third-order valence-corrected chi connectivity index (χ3v) is 2.05. The van der Waals surface area contributed by atoms with Crippen LogP contribution in [0.2, 0.25) is 0 Å². The first-order valence-electron chi connectivity index (χ1n) is 4.39. The zero-order chi connectivity index (χ0) is 8.97. The van der Waals surface area contributed by atoms with Crippen LogP contribution in [0.1, 0.15) is 26.2 Å². The van der Waals surface area contributed by atoms with Crippen molar-refractivity contribution in [2.45, 2.75) is 26.2 Å². The summed E-state index contributed by atoms with van der Waals surface area (Å²) in [4.78, 5) is 22.5. The van der Waals surface area contributed by atoms with Gasteiger partial charge in [-0.1, -0.05) is 6.92 Å². The van der Waals surface area contributed by atoms with Gasteiger partial charge in [0, 0.05) is 12.8 Å². The second kappa shape index (κ2) is 4.36. The highest BCUT2D eigenvalue weighted by atomic mass is 16.5. The summed E-state index contributed by atoms with van der Waals surface area (Å²) in [5.41, 5.74) is 0. The Balaban J connectivity index is 2.48. The average molecular weight is 170 g/mol. The van der Waals surface area contributed by atoms with Crippen molar-refractivity contribution < 1.29 is 14.3 Å². The van der Waals surface area contributed by atoms with Gasteiger partial charge in [0.2, 0.25) is 0 Å². The smallest absolute Gasteiger partial charge is 0.147 e. The largest absolute Gasteiger partial charge is 0.380 e. The first kappa shape index (κ1) is 9.39. The molecule has 1 saturated heterocycles. The van der Waals surface area contributed by atoms with Crippen LogP contribution >= 0.6 is 0 Å². The van der Waals surface area contributed by atoms with E-state index in [0.717, 1.165) is 6.42 Å². The first-order chi connectivity index (χ1) is 5.75. The molecule has 0 bridgehead atoms. The van der Waals surface area contributed by atoms with Gasteiger partial charge in [-0.3, -0.25) is 9.59 Å². The Labute approximate surface area is 72.1 Å². The average Bonchev–Trinajstić information content (AvgIpc) is 2.05. The molecule has 0 radical (unpaired) electrons. The maximum atomic E-state index is 11.3. The molecule has 0 amide bonds. The van der Waals surface area contributed by atoms with Crippen molar-refractivity contribution in [2.75, 3.05) is 13.2 Å². The van der Waals surface area contributed by atoms with Crippen molar-refractivity contribution in [3.63, 3.8) is 0 Å².